The Hall–Kier alpha value is -3.98. The Balaban J connectivity index is 1.86. The predicted molar refractivity (Wildman–Crippen MR) is 134 cm³/mol. The first-order valence-electron chi connectivity index (χ1n) is 10.3. The van der Waals surface area contributed by atoms with Crippen molar-refractivity contribution in [1.82, 2.24) is 0 Å². The van der Waals surface area contributed by atoms with Crippen LogP contribution in [0.15, 0.2) is 120 Å². The SMILES string of the molecule is C=C/C=C(\C=C)c1ccc(C(N=C(N)c2ccc(-c3ccccc3)cc2)=NCC)cc1. The summed E-state index contributed by atoms with van der Waals surface area (Å²) in [7, 11) is 0. The first kappa shape index (κ1) is 21.7. The first-order chi connectivity index (χ1) is 15.2. The number of allylic oxidation sites excluding steroid dienone is 4. The number of amidine groups is 2. The van der Waals surface area contributed by atoms with E-state index >= 15 is 0 Å². The smallest absolute Gasteiger partial charge is 0.156 e. The van der Waals surface area contributed by atoms with E-state index in [1.165, 1.54) is 5.56 Å². The van der Waals surface area contributed by atoms with E-state index in [-0.39, 0.29) is 0 Å². The van der Waals surface area contributed by atoms with Gasteiger partial charge in [0, 0.05) is 17.7 Å². The maximum absolute atomic E-state index is 6.33. The third-order valence-electron chi connectivity index (χ3n) is 4.82. The number of nitrogens with zero attached hydrogens (tertiary/aromatic N) is 2. The molecule has 0 aliphatic carbocycles. The number of rotatable bonds is 7. The molecule has 0 atom stereocenters. The van der Waals surface area contributed by atoms with Crippen LogP contribution in [0.4, 0.5) is 0 Å². The van der Waals surface area contributed by atoms with Crippen molar-refractivity contribution >= 4 is 17.2 Å². The molecule has 2 N–H and O–H groups in total. The van der Waals surface area contributed by atoms with Gasteiger partial charge in [-0.1, -0.05) is 110 Å². The molecule has 0 aliphatic heterocycles. The molecular formula is C28H27N3. The minimum Gasteiger partial charge on any atom is -0.383 e. The molecule has 3 rings (SSSR count). The second-order valence-electron chi connectivity index (χ2n) is 6.88. The zero-order valence-electron chi connectivity index (χ0n) is 17.8. The molecule has 0 aromatic heterocycles. The van der Waals surface area contributed by atoms with Gasteiger partial charge in [-0.25, -0.2) is 4.99 Å². The summed E-state index contributed by atoms with van der Waals surface area (Å²) < 4.78 is 0. The summed E-state index contributed by atoms with van der Waals surface area (Å²) in [6, 6.07) is 26.4. The van der Waals surface area contributed by atoms with Crippen molar-refractivity contribution in [1.29, 1.82) is 0 Å². The summed E-state index contributed by atoms with van der Waals surface area (Å²) in [5.41, 5.74) is 12.5. The summed E-state index contributed by atoms with van der Waals surface area (Å²) in [4.78, 5) is 9.19. The van der Waals surface area contributed by atoms with E-state index < -0.39 is 0 Å². The maximum Gasteiger partial charge on any atom is 0.156 e. The third kappa shape index (κ3) is 5.55. The van der Waals surface area contributed by atoms with Crippen LogP contribution in [0.2, 0.25) is 0 Å². The minimum absolute atomic E-state index is 0.439. The Morgan fingerprint density at radius 3 is 1.97 bits per heavy atom. The van der Waals surface area contributed by atoms with E-state index in [1.807, 2.05) is 73.7 Å². The minimum atomic E-state index is 0.439. The molecule has 31 heavy (non-hydrogen) atoms. The van der Waals surface area contributed by atoms with Crippen molar-refractivity contribution < 1.29 is 0 Å². The highest BCUT2D eigenvalue weighted by Gasteiger charge is 2.07. The van der Waals surface area contributed by atoms with Crippen LogP contribution in [0.1, 0.15) is 23.6 Å². The molecule has 154 valence electrons. The van der Waals surface area contributed by atoms with Gasteiger partial charge < -0.3 is 5.73 Å². The van der Waals surface area contributed by atoms with Crippen LogP contribution in [-0.4, -0.2) is 18.2 Å². The van der Waals surface area contributed by atoms with Crippen LogP contribution >= 0.6 is 0 Å². The topological polar surface area (TPSA) is 50.7 Å². The molecule has 3 heteroatoms. The van der Waals surface area contributed by atoms with Crippen LogP contribution < -0.4 is 5.73 Å². The van der Waals surface area contributed by atoms with Crippen molar-refractivity contribution in [2.24, 2.45) is 15.7 Å². The van der Waals surface area contributed by atoms with E-state index in [0.29, 0.717) is 18.2 Å². The summed E-state index contributed by atoms with van der Waals surface area (Å²) in [6.45, 7) is 10.2. The molecule has 3 aromatic carbocycles. The highest BCUT2D eigenvalue weighted by Crippen LogP contribution is 2.20. The molecule has 0 amide bonds. The average molecular weight is 406 g/mol. The molecule has 3 nitrogen and oxygen atoms in total. The number of nitrogens with two attached hydrogens (primary N) is 1. The zero-order chi connectivity index (χ0) is 22.1. The molecule has 0 radical (unpaired) electrons. The Bertz CT molecular complexity index is 1120. The van der Waals surface area contributed by atoms with Crippen molar-refractivity contribution in [2.45, 2.75) is 6.92 Å². The fraction of sp³-hybridized carbons (Fsp3) is 0.0714. The Morgan fingerprint density at radius 1 is 0.806 bits per heavy atom. The second-order valence-corrected chi connectivity index (χ2v) is 6.88. The van der Waals surface area contributed by atoms with Gasteiger partial charge in [-0.3, -0.25) is 4.99 Å². The lowest BCUT2D eigenvalue weighted by molar-refractivity contribution is 1.12. The van der Waals surface area contributed by atoms with Crippen LogP contribution in [0.25, 0.3) is 16.7 Å². The van der Waals surface area contributed by atoms with Gasteiger partial charge in [0.05, 0.1) is 0 Å². The van der Waals surface area contributed by atoms with Gasteiger partial charge in [-0.2, -0.15) is 0 Å². The lowest BCUT2D eigenvalue weighted by Crippen LogP contribution is -2.16. The normalized spacial score (nSPS) is 12.5. The Kier molecular flexibility index (Phi) is 7.50. The van der Waals surface area contributed by atoms with Gasteiger partial charge in [0.25, 0.3) is 0 Å². The number of hydrogen-bond acceptors (Lipinski definition) is 1. The van der Waals surface area contributed by atoms with Crippen LogP contribution in [-0.2, 0) is 0 Å². The highest BCUT2D eigenvalue weighted by atomic mass is 15.0. The van der Waals surface area contributed by atoms with E-state index in [1.54, 1.807) is 6.08 Å². The molecule has 0 spiro atoms. The fourth-order valence-electron chi connectivity index (χ4n) is 3.20. The fourth-order valence-corrected chi connectivity index (χ4v) is 3.20. The van der Waals surface area contributed by atoms with Crippen LogP contribution in [0.5, 0.6) is 0 Å². The molecule has 3 aromatic rings. The largest absolute Gasteiger partial charge is 0.383 e. The van der Waals surface area contributed by atoms with Gasteiger partial charge in [0.15, 0.2) is 5.84 Å². The summed E-state index contributed by atoms with van der Waals surface area (Å²) in [6.07, 6.45) is 5.49. The molecule has 0 unspecified atom stereocenters. The molecule has 0 saturated carbocycles. The van der Waals surface area contributed by atoms with Crippen LogP contribution in [0, 0.1) is 0 Å². The van der Waals surface area contributed by atoms with Gasteiger partial charge in [-0.05, 0) is 29.2 Å². The predicted octanol–water partition coefficient (Wildman–Crippen LogP) is 6.28. The average Bonchev–Trinajstić information content (AvgIpc) is 2.83. The Labute approximate surface area is 184 Å². The maximum atomic E-state index is 6.33. The van der Waals surface area contributed by atoms with E-state index in [9.17, 15) is 0 Å². The number of hydrogen-bond donors (Lipinski definition) is 1. The summed E-state index contributed by atoms with van der Waals surface area (Å²) in [5, 5.41) is 0. The Morgan fingerprint density at radius 2 is 1.39 bits per heavy atom. The van der Waals surface area contributed by atoms with Crippen molar-refractivity contribution in [3.8, 4) is 11.1 Å². The quantitative estimate of drug-likeness (QED) is 0.281. The molecule has 0 aliphatic rings. The van der Waals surface area contributed by atoms with Crippen molar-refractivity contribution in [3.05, 3.63) is 127 Å². The lowest BCUT2D eigenvalue weighted by Gasteiger charge is -2.08. The number of aliphatic imine (C=N–C) groups is 2. The van der Waals surface area contributed by atoms with Crippen molar-refractivity contribution in [3.63, 3.8) is 0 Å². The highest BCUT2D eigenvalue weighted by molar-refractivity contribution is 6.11. The molecule has 0 saturated heterocycles. The van der Waals surface area contributed by atoms with Gasteiger partial charge in [0.1, 0.15) is 5.84 Å². The monoisotopic (exact) mass is 405 g/mol. The second kappa shape index (κ2) is 10.7. The van der Waals surface area contributed by atoms with Gasteiger partial charge in [0.2, 0.25) is 0 Å². The standard InChI is InChI=1S/C28H27N3/c1-4-10-21(5-2)23-15-19-26(20-16-23)28(30-6-3)31-27(29)25-17-13-24(14-18-25)22-11-8-7-9-12-22/h4-5,7-20H,1-2,6H2,3H3,(H2,29,30,31)/b21-10+. The summed E-state index contributed by atoms with van der Waals surface area (Å²) >= 11 is 0. The lowest BCUT2D eigenvalue weighted by atomic mass is 10.0. The van der Waals surface area contributed by atoms with E-state index in [2.05, 4.69) is 47.4 Å². The first-order valence-corrected chi connectivity index (χ1v) is 10.3. The van der Waals surface area contributed by atoms with Crippen LogP contribution in [0.3, 0.4) is 0 Å². The van der Waals surface area contributed by atoms with Crippen molar-refractivity contribution in [2.75, 3.05) is 6.54 Å². The van der Waals surface area contributed by atoms with E-state index in [0.717, 1.165) is 27.8 Å². The van der Waals surface area contributed by atoms with E-state index in [4.69, 9.17) is 5.73 Å². The van der Waals surface area contributed by atoms with Gasteiger partial charge >= 0.3 is 0 Å². The number of benzene rings is 3. The summed E-state index contributed by atoms with van der Waals surface area (Å²) in [5.74, 6) is 1.06. The molecular weight excluding hydrogens is 378 g/mol. The third-order valence-corrected chi connectivity index (χ3v) is 4.82. The molecule has 0 bridgehead atoms. The molecule has 0 fully saturated rings. The molecule has 0 heterocycles. The zero-order valence-corrected chi connectivity index (χ0v) is 17.8. The van der Waals surface area contributed by atoms with Gasteiger partial charge in [-0.15, -0.1) is 0 Å².